The van der Waals surface area contributed by atoms with Crippen molar-refractivity contribution in [2.75, 3.05) is 17.2 Å². The number of amides is 1. The zero-order chi connectivity index (χ0) is 15.2. The van der Waals surface area contributed by atoms with E-state index in [0.29, 0.717) is 17.4 Å². The van der Waals surface area contributed by atoms with Crippen LogP contribution in [0.25, 0.3) is 0 Å². The third-order valence-electron chi connectivity index (χ3n) is 2.74. The maximum Gasteiger partial charge on any atom is 0.251 e. The second kappa shape index (κ2) is 7.03. The fourth-order valence-corrected chi connectivity index (χ4v) is 2.48. The first-order valence-corrected chi connectivity index (χ1v) is 7.32. The molecule has 110 valence electrons. The van der Waals surface area contributed by atoms with Crippen LogP contribution in [0.2, 0.25) is 0 Å². The number of H-pyrrole nitrogens is 1. The van der Waals surface area contributed by atoms with Crippen molar-refractivity contribution in [3.8, 4) is 0 Å². The van der Waals surface area contributed by atoms with Crippen molar-refractivity contribution in [3.05, 3.63) is 52.7 Å². The Hall–Kier alpha value is -2.15. The summed E-state index contributed by atoms with van der Waals surface area (Å²) in [4.78, 5) is 31.4. The smallest absolute Gasteiger partial charge is 0.251 e. The maximum absolute atomic E-state index is 12.9. The van der Waals surface area contributed by atoms with E-state index in [9.17, 15) is 14.0 Å². The largest absolute Gasteiger partial charge is 0.312 e. The van der Waals surface area contributed by atoms with E-state index in [2.05, 4.69) is 9.97 Å². The maximum atomic E-state index is 12.9. The summed E-state index contributed by atoms with van der Waals surface area (Å²) in [6, 6.07) is 7.06. The van der Waals surface area contributed by atoms with E-state index < -0.39 is 0 Å². The lowest BCUT2D eigenvalue weighted by Gasteiger charge is -2.20. The lowest BCUT2D eigenvalue weighted by Crippen LogP contribution is -2.32. The lowest BCUT2D eigenvalue weighted by molar-refractivity contribution is -0.116. The summed E-state index contributed by atoms with van der Waals surface area (Å²) in [5.74, 6) is -0.346. The number of hydrogen-bond acceptors (Lipinski definition) is 4. The molecule has 0 saturated carbocycles. The van der Waals surface area contributed by atoms with E-state index in [1.54, 1.807) is 17.0 Å². The number of nitrogens with one attached hydrogen (secondary N) is 1. The highest BCUT2D eigenvalue weighted by atomic mass is 32.2. The minimum Gasteiger partial charge on any atom is -0.312 e. The molecule has 0 spiro atoms. The number of carbonyl (C=O) groups is 1. The topological polar surface area (TPSA) is 66.1 Å². The molecule has 0 fully saturated rings. The van der Waals surface area contributed by atoms with Crippen LogP contribution in [-0.2, 0) is 4.79 Å². The van der Waals surface area contributed by atoms with Gasteiger partial charge in [-0.05, 0) is 31.2 Å². The normalized spacial score (nSPS) is 10.4. The highest BCUT2D eigenvalue weighted by Crippen LogP contribution is 2.18. The molecule has 1 amide bonds. The van der Waals surface area contributed by atoms with Gasteiger partial charge in [-0.15, -0.1) is 0 Å². The summed E-state index contributed by atoms with van der Waals surface area (Å²) in [5, 5.41) is 0.394. The van der Waals surface area contributed by atoms with Crippen LogP contribution < -0.4 is 10.5 Å². The summed E-state index contributed by atoms with van der Waals surface area (Å²) in [5.41, 5.74) is 0.379. The Labute approximate surface area is 125 Å². The van der Waals surface area contributed by atoms with Crippen molar-refractivity contribution in [3.63, 3.8) is 0 Å². The summed E-state index contributed by atoms with van der Waals surface area (Å²) < 4.78 is 12.9. The molecule has 1 heterocycles. The Morgan fingerprint density at radius 1 is 1.33 bits per heavy atom. The van der Waals surface area contributed by atoms with Gasteiger partial charge in [-0.25, -0.2) is 9.37 Å². The van der Waals surface area contributed by atoms with Crippen LogP contribution in [0.1, 0.15) is 6.92 Å². The molecule has 0 aliphatic carbocycles. The van der Waals surface area contributed by atoms with Gasteiger partial charge in [-0.2, -0.15) is 0 Å². The fraction of sp³-hybridized carbons (Fsp3) is 0.214. The van der Waals surface area contributed by atoms with E-state index in [1.165, 1.54) is 24.4 Å². The zero-order valence-corrected chi connectivity index (χ0v) is 12.2. The van der Waals surface area contributed by atoms with Crippen molar-refractivity contribution in [2.24, 2.45) is 0 Å². The van der Waals surface area contributed by atoms with E-state index in [0.717, 1.165) is 11.8 Å². The molecule has 0 saturated heterocycles. The first-order valence-electron chi connectivity index (χ1n) is 6.34. The van der Waals surface area contributed by atoms with Gasteiger partial charge in [0.2, 0.25) is 5.91 Å². The number of thioether (sulfide) groups is 1. The van der Waals surface area contributed by atoms with E-state index >= 15 is 0 Å². The van der Waals surface area contributed by atoms with Gasteiger partial charge in [0.25, 0.3) is 5.56 Å². The number of carbonyl (C=O) groups excluding carboxylic acids is 1. The van der Waals surface area contributed by atoms with Crippen molar-refractivity contribution in [2.45, 2.75) is 12.1 Å². The van der Waals surface area contributed by atoms with E-state index in [4.69, 9.17) is 0 Å². The van der Waals surface area contributed by atoms with E-state index in [-0.39, 0.29) is 23.0 Å². The lowest BCUT2D eigenvalue weighted by atomic mass is 10.3. The molecule has 1 N–H and O–H groups in total. The first-order chi connectivity index (χ1) is 10.1. The van der Waals surface area contributed by atoms with Crippen LogP contribution in [0.5, 0.6) is 0 Å². The first kappa shape index (κ1) is 15.2. The average Bonchev–Trinajstić information content (AvgIpc) is 2.48. The molecular formula is C14H14FN3O2S. The van der Waals surface area contributed by atoms with Crippen LogP contribution in [0, 0.1) is 5.82 Å². The molecular weight excluding hydrogens is 293 g/mol. The van der Waals surface area contributed by atoms with Crippen molar-refractivity contribution >= 4 is 23.4 Å². The standard InChI is InChI=1S/C14H14FN3O2S/c1-2-18(11-5-3-10(15)4-6-11)13(20)9-21-14-16-8-7-12(19)17-14/h3-8H,2,9H2,1H3,(H,16,17,19). The number of benzene rings is 1. The molecule has 7 heteroatoms. The van der Waals surface area contributed by atoms with Crippen molar-refractivity contribution in [1.82, 2.24) is 9.97 Å². The number of aromatic amines is 1. The van der Waals surface area contributed by atoms with Crippen LogP contribution in [0.15, 0.2) is 46.5 Å². The molecule has 1 aromatic carbocycles. The molecule has 0 radical (unpaired) electrons. The molecule has 21 heavy (non-hydrogen) atoms. The summed E-state index contributed by atoms with van der Waals surface area (Å²) >= 11 is 1.15. The minimum atomic E-state index is -0.345. The van der Waals surface area contributed by atoms with Gasteiger partial charge < -0.3 is 9.88 Å². The number of nitrogens with zero attached hydrogens (tertiary/aromatic N) is 2. The average molecular weight is 307 g/mol. The fourth-order valence-electron chi connectivity index (χ4n) is 1.76. The SMILES string of the molecule is CCN(C(=O)CSc1nccc(=O)[nH]1)c1ccc(F)cc1. The van der Waals surface area contributed by atoms with Crippen LogP contribution in [-0.4, -0.2) is 28.2 Å². The molecule has 0 bridgehead atoms. The quantitative estimate of drug-likeness (QED) is 0.678. The third-order valence-corrected chi connectivity index (χ3v) is 3.61. The molecule has 5 nitrogen and oxygen atoms in total. The summed E-state index contributed by atoms with van der Waals surface area (Å²) in [6.45, 7) is 2.32. The summed E-state index contributed by atoms with van der Waals surface area (Å²) in [6.07, 6.45) is 1.39. The molecule has 0 aliphatic heterocycles. The molecule has 0 aliphatic rings. The second-order valence-corrected chi connectivity index (χ2v) is 5.11. The van der Waals surface area contributed by atoms with Crippen LogP contribution in [0.3, 0.4) is 0 Å². The van der Waals surface area contributed by atoms with Gasteiger partial charge in [0.1, 0.15) is 5.82 Å². The Bertz CT molecular complexity index is 672. The monoisotopic (exact) mass is 307 g/mol. The molecule has 0 unspecified atom stereocenters. The van der Waals surface area contributed by atoms with Crippen molar-refractivity contribution in [1.29, 1.82) is 0 Å². The Kier molecular flexibility index (Phi) is 5.10. The molecule has 2 aromatic rings. The van der Waals surface area contributed by atoms with Gasteiger partial charge in [-0.3, -0.25) is 9.59 Å². The van der Waals surface area contributed by atoms with Gasteiger partial charge in [0.05, 0.1) is 5.75 Å². The Morgan fingerprint density at radius 2 is 2.05 bits per heavy atom. The van der Waals surface area contributed by atoms with Crippen LogP contribution >= 0.6 is 11.8 Å². The minimum absolute atomic E-state index is 0.137. The number of anilines is 1. The second-order valence-electron chi connectivity index (χ2n) is 4.14. The van der Waals surface area contributed by atoms with Gasteiger partial charge in [0.15, 0.2) is 5.16 Å². The molecule has 2 rings (SSSR count). The van der Waals surface area contributed by atoms with Gasteiger partial charge in [0, 0.05) is 24.5 Å². The van der Waals surface area contributed by atoms with Crippen LogP contribution in [0.4, 0.5) is 10.1 Å². The predicted octanol–water partition coefficient (Wildman–Crippen LogP) is 2.05. The number of halogens is 1. The van der Waals surface area contributed by atoms with Gasteiger partial charge >= 0.3 is 0 Å². The Morgan fingerprint density at radius 3 is 2.67 bits per heavy atom. The zero-order valence-electron chi connectivity index (χ0n) is 11.4. The Balaban J connectivity index is 2.03. The van der Waals surface area contributed by atoms with Crippen molar-refractivity contribution < 1.29 is 9.18 Å². The van der Waals surface area contributed by atoms with Gasteiger partial charge in [-0.1, -0.05) is 11.8 Å². The number of hydrogen-bond donors (Lipinski definition) is 1. The molecule has 0 atom stereocenters. The molecule has 1 aromatic heterocycles. The summed E-state index contributed by atoms with van der Waals surface area (Å²) in [7, 11) is 0. The number of aromatic nitrogens is 2. The highest BCUT2D eigenvalue weighted by molar-refractivity contribution is 7.99. The number of rotatable bonds is 5. The highest BCUT2D eigenvalue weighted by Gasteiger charge is 2.14. The predicted molar refractivity (Wildman–Crippen MR) is 80.0 cm³/mol. The van der Waals surface area contributed by atoms with E-state index in [1.807, 2.05) is 6.92 Å². The third kappa shape index (κ3) is 4.16.